The number of likely N-dealkylation sites (tertiary alicyclic amines) is 1. The average molecular weight is 1060 g/mol. The third kappa shape index (κ3) is 23.6. The molecule has 0 saturated carbocycles. The zero-order valence-corrected chi connectivity index (χ0v) is 42.7. The molecule has 7 amide bonds. The number of amides is 7. The van der Waals surface area contributed by atoms with Gasteiger partial charge in [-0.25, -0.2) is 9.18 Å². The Morgan fingerprint density at radius 1 is 0.800 bits per heavy atom. The summed E-state index contributed by atoms with van der Waals surface area (Å²) in [6.07, 6.45) is 2.65. The lowest BCUT2D eigenvalue weighted by molar-refractivity contribution is -0.142. The van der Waals surface area contributed by atoms with Crippen molar-refractivity contribution in [1.82, 2.24) is 42.1 Å². The Morgan fingerprint density at radius 2 is 1.47 bits per heavy atom. The average Bonchev–Trinajstić information content (AvgIpc) is 3.87. The molecule has 0 bridgehead atoms. The van der Waals surface area contributed by atoms with E-state index in [0.717, 1.165) is 0 Å². The van der Waals surface area contributed by atoms with Crippen LogP contribution in [0.3, 0.4) is 0 Å². The second-order valence-electron chi connectivity index (χ2n) is 18.2. The first-order valence-corrected chi connectivity index (χ1v) is 25.3. The quantitative estimate of drug-likeness (QED) is 0.0131. The van der Waals surface area contributed by atoms with Crippen molar-refractivity contribution in [3.8, 4) is 0 Å². The number of nitrogens with two attached hydrogens (primary N) is 6. The van der Waals surface area contributed by atoms with E-state index in [9.17, 15) is 57.8 Å². The Hall–Kier alpha value is -6.65. The maximum Gasteiger partial charge on any atom is 0.331 e. The number of benzene rings is 1. The number of carboxylic acids is 1. The van der Waals surface area contributed by atoms with Gasteiger partial charge in [0.1, 0.15) is 36.0 Å². The number of carboxylic acid groups (broad SMARTS) is 1. The fourth-order valence-electron chi connectivity index (χ4n) is 8.03. The Kier molecular flexibility index (Phi) is 29.9. The van der Waals surface area contributed by atoms with Crippen molar-refractivity contribution in [3.63, 3.8) is 0 Å². The number of aliphatic carboxylic acids is 1. The molecule has 27 heteroatoms. The van der Waals surface area contributed by atoms with Crippen LogP contribution in [0.25, 0.3) is 0 Å². The van der Waals surface area contributed by atoms with Crippen LogP contribution in [0.1, 0.15) is 96.0 Å². The van der Waals surface area contributed by atoms with Crippen molar-refractivity contribution < 1.29 is 57.8 Å². The molecule has 1 saturated heterocycles. The second-order valence-corrected chi connectivity index (χ2v) is 18.2. The summed E-state index contributed by atoms with van der Waals surface area (Å²) >= 11 is 0. The smallest absolute Gasteiger partial charge is 0.331 e. The number of ketones is 1. The van der Waals surface area contributed by atoms with Gasteiger partial charge in [-0.3, -0.25) is 43.8 Å². The van der Waals surface area contributed by atoms with Gasteiger partial charge in [-0.15, -0.1) is 0 Å². The van der Waals surface area contributed by atoms with Crippen molar-refractivity contribution in [2.45, 2.75) is 145 Å². The summed E-state index contributed by atoms with van der Waals surface area (Å²) < 4.78 is 14.4. The maximum atomic E-state index is 14.4. The van der Waals surface area contributed by atoms with Gasteiger partial charge in [0.25, 0.3) is 0 Å². The molecule has 1 aromatic carbocycles. The van der Waals surface area contributed by atoms with Crippen LogP contribution in [0, 0.1) is 11.2 Å². The van der Waals surface area contributed by atoms with Crippen LogP contribution in [0.4, 0.5) is 4.39 Å². The molecule has 1 fully saturated rings. The van der Waals surface area contributed by atoms with Crippen molar-refractivity contribution in [1.29, 1.82) is 5.41 Å². The molecular weight excluding hydrogens is 982 g/mol. The van der Waals surface area contributed by atoms with Crippen LogP contribution >= 0.6 is 0 Å². The van der Waals surface area contributed by atoms with Crippen LogP contribution < -0.4 is 71.6 Å². The number of unbranched alkanes of at least 4 members (excludes halogenated alkanes) is 2. The van der Waals surface area contributed by atoms with Gasteiger partial charge >= 0.3 is 5.97 Å². The normalized spacial score (nSPS) is 16.2. The van der Waals surface area contributed by atoms with Gasteiger partial charge in [0.2, 0.25) is 41.4 Å². The third-order valence-electron chi connectivity index (χ3n) is 12.2. The molecule has 1 heterocycles. The lowest BCUT2D eigenvalue weighted by atomic mass is 9.97. The molecule has 0 aliphatic carbocycles. The van der Waals surface area contributed by atoms with Gasteiger partial charge in [0.05, 0.1) is 24.7 Å². The van der Waals surface area contributed by atoms with Crippen LogP contribution in [0.5, 0.6) is 0 Å². The summed E-state index contributed by atoms with van der Waals surface area (Å²) in [7, 11) is 0. The number of nitrogens with one attached hydrogen (secondary N) is 8. The lowest BCUT2D eigenvalue weighted by Crippen LogP contribution is -2.60. The summed E-state index contributed by atoms with van der Waals surface area (Å²) in [4.78, 5) is 122. The van der Waals surface area contributed by atoms with E-state index < -0.39 is 120 Å². The maximum absolute atomic E-state index is 14.4. The third-order valence-corrected chi connectivity index (χ3v) is 12.2. The zero-order valence-electron chi connectivity index (χ0n) is 42.7. The minimum absolute atomic E-state index is 0.0323. The number of halogens is 1. The van der Waals surface area contributed by atoms with Gasteiger partial charge < -0.3 is 86.7 Å². The van der Waals surface area contributed by atoms with E-state index in [-0.39, 0.29) is 89.0 Å². The first-order chi connectivity index (χ1) is 35.7. The van der Waals surface area contributed by atoms with Gasteiger partial charge in [-0.1, -0.05) is 24.6 Å². The minimum atomic E-state index is -1.57. The SMILES string of the molecule is C[C@H](NC(=O)[C@@H](NC(=O)[C@@H](N)CCCCN)[C@@H](O)CN)C(=O)NCC(=O)N[C@H](CCCN)C(=O)N1CCC[C@H]1C(=O)NC(Cc1cccc(F)c1)C(=O)N[C@@H](CCCCN)C(=O)CC/C(=C\CCNC(=N)N)C(=O)O. The first kappa shape index (κ1) is 64.5. The van der Waals surface area contributed by atoms with Crippen LogP contribution in [-0.2, 0) is 49.6 Å². The van der Waals surface area contributed by atoms with E-state index in [4.69, 9.17) is 39.8 Å². The number of rotatable bonds is 36. The predicted octanol–water partition coefficient (Wildman–Crippen LogP) is -4.20. The number of Topliss-reactive ketones (excluding diaryl/α,β-unsaturated/α-hetero) is 1. The molecule has 75 heavy (non-hydrogen) atoms. The molecule has 0 aromatic heterocycles. The largest absolute Gasteiger partial charge is 0.478 e. The minimum Gasteiger partial charge on any atom is -0.478 e. The van der Waals surface area contributed by atoms with Gasteiger partial charge in [-0.05, 0) is 115 Å². The number of hydrogen-bond donors (Lipinski definition) is 16. The molecule has 0 spiro atoms. The monoisotopic (exact) mass is 1060 g/mol. The second kappa shape index (κ2) is 34.8. The van der Waals surface area contributed by atoms with E-state index in [1.54, 1.807) is 0 Å². The highest BCUT2D eigenvalue weighted by Crippen LogP contribution is 2.21. The number of nitrogens with zero attached hydrogens (tertiary/aromatic N) is 1. The van der Waals surface area contributed by atoms with Crippen molar-refractivity contribution >= 4 is 59.1 Å². The number of aliphatic hydroxyl groups is 1. The Labute approximate surface area is 436 Å². The number of aliphatic hydroxyl groups excluding tert-OH is 1. The van der Waals surface area contributed by atoms with Crippen LogP contribution in [0.2, 0.25) is 0 Å². The molecular formula is C48H80FN15O11. The molecule has 1 aromatic rings. The standard InChI is InChI=1S/C48H80FN15O11/c1-28(59-45(72)40(38(66)26-53)63-42(69)32(54)13-2-4-19-50)41(68)58-27-39(67)60-34(15-7-21-52)46(73)64-23-9-16-36(64)44(71)62-35(25-29-10-6-12-31(49)24-29)43(70)61-33(14-3-5-20-51)37(65)18-17-30(47(74)75)11-8-22-57-48(55)56/h6,10-12,24,28,32-36,38,40,66H,2-5,7-9,13-23,25-27,50-54H2,1H3,(H,58,68)(H,59,72)(H,60,67)(H,61,70)(H,62,71)(H,63,69)(H,74,75)(H4,55,56,57)/b30-11+/t28-,32-,33-,34+,35?,36-,38-,40-/m0/s1. The molecule has 420 valence electrons. The number of hydrogen-bond acceptors (Lipinski definition) is 16. The molecule has 1 aliphatic rings. The molecule has 1 aliphatic heterocycles. The highest BCUT2D eigenvalue weighted by molar-refractivity contribution is 5.98. The fourth-order valence-corrected chi connectivity index (χ4v) is 8.03. The van der Waals surface area contributed by atoms with Gasteiger partial charge in [0, 0.05) is 38.0 Å². The summed E-state index contributed by atoms with van der Waals surface area (Å²) in [6.45, 7) is 1.28. The van der Waals surface area contributed by atoms with Gasteiger partial charge in [-0.2, -0.15) is 0 Å². The highest BCUT2D eigenvalue weighted by Gasteiger charge is 2.39. The van der Waals surface area contributed by atoms with Crippen molar-refractivity contribution in [2.24, 2.45) is 34.4 Å². The number of carbonyl (C=O) groups is 9. The highest BCUT2D eigenvalue weighted by atomic mass is 19.1. The van der Waals surface area contributed by atoms with E-state index in [1.165, 1.54) is 42.2 Å². The first-order valence-electron chi connectivity index (χ1n) is 25.3. The Bertz CT molecular complexity index is 2120. The Morgan fingerprint density at radius 3 is 2.09 bits per heavy atom. The number of carbonyl (C=O) groups excluding carboxylic acids is 8. The summed E-state index contributed by atoms with van der Waals surface area (Å²) in [5.74, 6) is -8.21. The van der Waals surface area contributed by atoms with E-state index >= 15 is 0 Å². The molecule has 22 N–H and O–H groups in total. The molecule has 26 nitrogen and oxygen atoms in total. The molecule has 2 rings (SSSR count). The summed E-state index contributed by atoms with van der Waals surface area (Å²) in [6, 6.07) is -3.46. The summed E-state index contributed by atoms with van der Waals surface area (Å²) in [5.41, 5.74) is 34.0. The van der Waals surface area contributed by atoms with Crippen molar-refractivity contribution in [2.75, 3.05) is 45.8 Å². The molecule has 0 radical (unpaired) electrons. The van der Waals surface area contributed by atoms with Crippen LogP contribution in [-0.4, -0.2) is 168 Å². The summed E-state index contributed by atoms with van der Waals surface area (Å²) in [5, 5.41) is 45.1. The van der Waals surface area contributed by atoms with E-state index in [0.29, 0.717) is 50.8 Å². The topological polar surface area (TPSA) is 462 Å². The zero-order chi connectivity index (χ0) is 56.0. The lowest BCUT2D eigenvalue weighted by Gasteiger charge is -2.30. The fraction of sp³-hybridized carbons (Fsp3) is 0.625. The Balaban J connectivity index is 2.23. The van der Waals surface area contributed by atoms with Crippen LogP contribution in [0.15, 0.2) is 35.9 Å². The molecule has 1 unspecified atom stereocenters. The van der Waals surface area contributed by atoms with Gasteiger partial charge in [0.15, 0.2) is 11.7 Å². The van der Waals surface area contributed by atoms with E-state index in [1.807, 2.05) is 0 Å². The number of guanidine groups is 1. The molecule has 8 atom stereocenters. The predicted molar refractivity (Wildman–Crippen MR) is 275 cm³/mol. The van der Waals surface area contributed by atoms with E-state index in [2.05, 4.69) is 37.2 Å². The van der Waals surface area contributed by atoms with Crippen molar-refractivity contribution in [3.05, 3.63) is 47.3 Å².